The number of methoxy groups -OCH3 is 1. The van der Waals surface area contributed by atoms with Crippen LogP contribution in [0.25, 0.3) is 0 Å². The normalized spacial score (nSPS) is 10.4. The molecule has 96 valence electrons. The highest BCUT2D eigenvalue weighted by Crippen LogP contribution is 2.30. The number of carbonyl (C=O) groups excluding carboxylic acids is 1. The van der Waals surface area contributed by atoms with E-state index in [1.807, 2.05) is 0 Å². The first-order valence-electron chi connectivity index (χ1n) is 5.00. The number of rotatable bonds is 4. The van der Waals surface area contributed by atoms with E-state index < -0.39 is 11.9 Å². The van der Waals surface area contributed by atoms with Crippen molar-refractivity contribution >= 4 is 29.2 Å². The molecule has 0 saturated heterocycles. The second-order valence-corrected chi connectivity index (χ2v) is 3.87. The summed E-state index contributed by atoms with van der Waals surface area (Å²) in [6.07, 6.45) is 1.66. The highest BCUT2D eigenvalue weighted by atomic mass is 35.5. The van der Waals surface area contributed by atoms with E-state index in [4.69, 9.17) is 21.4 Å². The molecule has 0 aliphatic carbocycles. The minimum atomic E-state index is -1.20. The third-order valence-corrected chi connectivity index (χ3v) is 2.52. The predicted molar refractivity (Wildman–Crippen MR) is 68.1 cm³/mol. The van der Waals surface area contributed by atoms with Crippen molar-refractivity contribution in [2.45, 2.75) is 6.92 Å². The van der Waals surface area contributed by atoms with Crippen molar-refractivity contribution in [2.75, 3.05) is 12.4 Å². The van der Waals surface area contributed by atoms with Gasteiger partial charge in [0.05, 0.1) is 12.8 Å². The third-order valence-electron chi connectivity index (χ3n) is 2.12. The number of carboxylic acid groups (broad SMARTS) is 1. The molecule has 0 aliphatic heterocycles. The summed E-state index contributed by atoms with van der Waals surface area (Å²) in [4.78, 5) is 21.7. The van der Waals surface area contributed by atoms with Crippen molar-refractivity contribution in [2.24, 2.45) is 0 Å². The van der Waals surface area contributed by atoms with Gasteiger partial charge in [0.15, 0.2) is 0 Å². The minimum absolute atomic E-state index is 0.383. The Morgan fingerprint density at radius 2 is 2.06 bits per heavy atom. The number of amides is 1. The Morgan fingerprint density at radius 1 is 1.39 bits per heavy atom. The predicted octanol–water partition coefficient (Wildman–Crippen LogP) is 2.24. The molecule has 1 aromatic rings. The molecule has 0 saturated carbocycles. The summed E-state index contributed by atoms with van der Waals surface area (Å²) in [5.74, 6) is -1.32. The number of carboxylic acids is 1. The molecule has 1 amide bonds. The first-order chi connectivity index (χ1) is 8.43. The van der Waals surface area contributed by atoms with E-state index in [0.717, 1.165) is 17.7 Å². The van der Waals surface area contributed by atoms with Crippen LogP contribution in [-0.4, -0.2) is 24.1 Å². The van der Waals surface area contributed by atoms with Crippen molar-refractivity contribution in [3.63, 3.8) is 0 Å². The van der Waals surface area contributed by atoms with Gasteiger partial charge in [0, 0.05) is 17.2 Å². The molecule has 1 aromatic carbocycles. The summed E-state index contributed by atoms with van der Waals surface area (Å²) >= 11 is 5.93. The number of hydrogen-bond acceptors (Lipinski definition) is 3. The molecule has 5 nitrogen and oxygen atoms in total. The Labute approximate surface area is 109 Å². The molecule has 0 aromatic heterocycles. The van der Waals surface area contributed by atoms with Gasteiger partial charge in [0.1, 0.15) is 5.75 Å². The van der Waals surface area contributed by atoms with Gasteiger partial charge in [-0.3, -0.25) is 4.79 Å². The van der Waals surface area contributed by atoms with Crippen LogP contribution in [0.1, 0.15) is 5.56 Å². The highest BCUT2D eigenvalue weighted by Gasteiger charge is 2.08. The SMILES string of the molecule is COc1cc(C)c(Cl)cc1NC(=O)/C=C/C(=O)O. The van der Waals surface area contributed by atoms with Crippen molar-refractivity contribution in [1.29, 1.82) is 0 Å². The van der Waals surface area contributed by atoms with Crippen LogP contribution in [-0.2, 0) is 9.59 Å². The lowest BCUT2D eigenvalue weighted by Crippen LogP contribution is -2.10. The summed E-state index contributed by atoms with van der Waals surface area (Å²) in [7, 11) is 1.46. The van der Waals surface area contributed by atoms with Crippen LogP contribution in [0.2, 0.25) is 5.02 Å². The number of nitrogens with one attached hydrogen (secondary N) is 1. The van der Waals surface area contributed by atoms with Gasteiger partial charge in [0.2, 0.25) is 5.91 Å². The van der Waals surface area contributed by atoms with E-state index in [2.05, 4.69) is 5.32 Å². The van der Waals surface area contributed by atoms with Crippen molar-refractivity contribution in [3.05, 3.63) is 34.9 Å². The Kier molecular flexibility index (Phi) is 4.74. The molecule has 2 N–H and O–H groups in total. The van der Waals surface area contributed by atoms with Gasteiger partial charge in [-0.1, -0.05) is 11.6 Å². The molecule has 0 fully saturated rings. The van der Waals surface area contributed by atoms with Gasteiger partial charge in [-0.05, 0) is 24.6 Å². The molecule has 0 bridgehead atoms. The summed E-state index contributed by atoms with van der Waals surface area (Å²) in [6.45, 7) is 1.81. The molecular weight excluding hydrogens is 258 g/mol. The number of ether oxygens (including phenoxy) is 1. The van der Waals surface area contributed by atoms with E-state index in [0.29, 0.717) is 16.5 Å². The van der Waals surface area contributed by atoms with E-state index >= 15 is 0 Å². The number of carbonyl (C=O) groups is 2. The Bertz CT molecular complexity index is 511. The molecule has 0 atom stereocenters. The van der Waals surface area contributed by atoms with Crippen LogP contribution in [0.5, 0.6) is 5.75 Å². The lowest BCUT2D eigenvalue weighted by Gasteiger charge is -2.10. The zero-order valence-corrected chi connectivity index (χ0v) is 10.6. The molecule has 0 spiro atoms. The summed E-state index contributed by atoms with van der Waals surface area (Å²) in [6, 6.07) is 3.22. The maximum atomic E-state index is 11.4. The van der Waals surface area contributed by atoms with Gasteiger partial charge < -0.3 is 15.2 Å². The van der Waals surface area contributed by atoms with Gasteiger partial charge >= 0.3 is 5.97 Å². The molecule has 1 rings (SSSR count). The number of benzene rings is 1. The lowest BCUT2D eigenvalue weighted by atomic mass is 10.2. The second-order valence-electron chi connectivity index (χ2n) is 3.46. The number of aryl methyl sites for hydroxylation is 1. The fourth-order valence-electron chi connectivity index (χ4n) is 1.24. The van der Waals surface area contributed by atoms with Crippen LogP contribution >= 0.6 is 11.6 Å². The fourth-order valence-corrected chi connectivity index (χ4v) is 1.41. The summed E-state index contributed by atoms with van der Waals surface area (Å²) < 4.78 is 5.09. The zero-order chi connectivity index (χ0) is 13.7. The number of anilines is 1. The third kappa shape index (κ3) is 3.78. The molecule has 0 unspecified atom stereocenters. The maximum absolute atomic E-state index is 11.4. The van der Waals surface area contributed by atoms with Gasteiger partial charge in [-0.25, -0.2) is 4.79 Å². The van der Waals surface area contributed by atoms with Crippen LogP contribution in [0.4, 0.5) is 5.69 Å². The summed E-state index contributed by atoms with van der Waals surface area (Å²) in [5, 5.41) is 11.4. The van der Waals surface area contributed by atoms with E-state index in [1.165, 1.54) is 7.11 Å². The van der Waals surface area contributed by atoms with E-state index in [-0.39, 0.29) is 0 Å². The zero-order valence-electron chi connectivity index (χ0n) is 9.86. The van der Waals surface area contributed by atoms with Crippen LogP contribution < -0.4 is 10.1 Å². The van der Waals surface area contributed by atoms with Crippen molar-refractivity contribution < 1.29 is 19.4 Å². The monoisotopic (exact) mass is 269 g/mol. The number of hydrogen-bond donors (Lipinski definition) is 2. The second kappa shape index (κ2) is 6.07. The smallest absolute Gasteiger partial charge is 0.328 e. The maximum Gasteiger partial charge on any atom is 0.328 e. The molecule has 18 heavy (non-hydrogen) atoms. The first-order valence-corrected chi connectivity index (χ1v) is 5.38. The van der Waals surface area contributed by atoms with Gasteiger partial charge in [0.25, 0.3) is 0 Å². The topological polar surface area (TPSA) is 75.6 Å². The highest BCUT2D eigenvalue weighted by molar-refractivity contribution is 6.31. The quantitative estimate of drug-likeness (QED) is 0.822. The Morgan fingerprint density at radius 3 is 2.61 bits per heavy atom. The molecule has 0 radical (unpaired) electrons. The number of aliphatic carboxylic acids is 1. The van der Waals surface area contributed by atoms with Crippen molar-refractivity contribution in [3.8, 4) is 5.75 Å². The van der Waals surface area contributed by atoms with Crippen LogP contribution in [0.15, 0.2) is 24.3 Å². The number of halogens is 1. The van der Waals surface area contributed by atoms with E-state index in [9.17, 15) is 9.59 Å². The van der Waals surface area contributed by atoms with Gasteiger partial charge in [-0.2, -0.15) is 0 Å². The molecule has 6 heteroatoms. The fraction of sp³-hybridized carbons (Fsp3) is 0.167. The van der Waals surface area contributed by atoms with Crippen LogP contribution in [0.3, 0.4) is 0 Å². The average molecular weight is 270 g/mol. The Hall–Kier alpha value is -2.01. The first kappa shape index (κ1) is 14.1. The average Bonchev–Trinajstić information content (AvgIpc) is 2.31. The molecule has 0 aliphatic rings. The standard InChI is InChI=1S/C12H12ClNO4/c1-7-5-10(18-2)9(6-8(7)13)14-11(15)3-4-12(16)17/h3-6H,1-2H3,(H,14,15)(H,16,17)/b4-3+. The van der Waals surface area contributed by atoms with E-state index in [1.54, 1.807) is 19.1 Å². The molecule has 0 heterocycles. The minimum Gasteiger partial charge on any atom is -0.495 e. The largest absolute Gasteiger partial charge is 0.495 e. The van der Waals surface area contributed by atoms with Crippen LogP contribution in [0, 0.1) is 6.92 Å². The Balaban J connectivity index is 2.93. The van der Waals surface area contributed by atoms with Crippen molar-refractivity contribution in [1.82, 2.24) is 0 Å². The lowest BCUT2D eigenvalue weighted by molar-refractivity contribution is -0.131. The molecular formula is C12H12ClNO4. The summed E-state index contributed by atoms with van der Waals surface area (Å²) in [5.41, 5.74) is 1.20. The van der Waals surface area contributed by atoms with Gasteiger partial charge in [-0.15, -0.1) is 0 Å².